The second kappa shape index (κ2) is 5.72. The molecule has 0 aliphatic carbocycles. The second-order valence-corrected chi connectivity index (χ2v) is 5.44. The van der Waals surface area contributed by atoms with Gasteiger partial charge in [-0.15, -0.1) is 0 Å². The lowest BCUT2D eigenvalue weighted by Gasteiger charge is -2.25. The number of nitrogens with two attached hydrogens (primary N) is 1. The average molecular weight is 229 g/mol. The predicted octanol–water partition coefficient (Wildman–Crippen LogP) is 1.26. The van der Waals surface area contributed by atoms with Crippen LogP contribution < -0.4 is 5.73 Å². The van der Waals surface area contributed by atoms with Crippen molar-refractivity contribution in [2.45, 2.75) is 34.1 Å². The Hall–Kier alpha value is -1.26. The Morgan fingerprint density at radius 3 is 2.38 bits per heavy atom. The average Bonchev–Trinajstić information content (AvgIpc) is 2.13. The van der Waals surface area contributed by atoms with Crippen LogP contribution in [-0.2, 0) is 4.79 Å². The molecule has 0 saturated carbocycles. The molecule has 0 saturated heterocycles. The summed E-state index contributed by atoms with van der Waals surface area (Å²) in [4.78, 5) is 13.4. The van der Waals surface area contributed by atoms with Crippen molar-refractivity contribution in [1.82, 2.24) is 4.90 Å². The molecule has 1 atom stereocenters. The molecule has 1 unspecified atom stereocenters. The van der Waals surface area contributed by atoms with Gasteiger partial charge >= 0.3 is 0 Å². The normalized spacial score (nSPS) is 14.7. The Morgan fingerprint density at radius 2 is 2.00 bits per heavy atom. The van der Waals surface area contributed by atoms with Crippen LogP contribution in [0.5, 0.6) is 0 Å². The van der Waals surface area contributed by atoms with E-state index in [2.05, 4.69) is 5.16 Å². The first-order valence-electron chi connectivity index (χ1n) is 5.38. The summed E-state index contributed by atoms with van der Waals surface area (Å²) in [5.74, 6) is 0.0828. The van der Waals surface area contributed by atoms with Gasteiger partial charge in [0.2, 0.25) is 5.91 Å². The fraction of sp³-hybridized carbons (Fsp3) is 0.818. The number of oxime groups is 1. The minimum absolute atomic E-state index is 0.0226. The highest BCUT2D eigenvalue weighted by molar-refractivity contribution is 5.83. The summed E-state index contributed by atoms with van der Waals surface area (Å²) in [5, 5.41) is 11.4. The van der Waals surface area contributed by atoms with Crippen molar-refractivity contribution >= 4 is 11.7 Å². The SMILES string of the molecule is CC(CN(C)C(=O)CC(C)(C)C)C(N)=NO. The molecule has 5 heteroatoms. The van der Waals surface area contributed by atoms with Gasteiger partial charge in [0, 0.05) is 25.9 Å². The first kappa shape index (κ1) is 14.7. The summed E-state index contributed by atoms with van der Waals surface area (Å²) < 4.78 is 0. The fourth-order valence-electron chi connectivity index (χ4n) is 1.29. The number of rotatable bonds is 4. The van der Waals surface area contributed by atoms with Crippen LogP contribution in [-0.4, -0.2) is 35.4 Å². The van der Waals surface area contributed by atoms with Gasteiger partial charge in [-0.25, -0.2) is 0 Å². The molecule has 5 nitrogen and oxygen atoms in total. The summed E-state index contributed by atoms with van der Waals surface area (Å²) in [6.07, 6.45) is 0.492. The molecule has 3 N–H and O–H groups in total. The third-order valence-electron chi connectivity index (χ3n) is 2.28. The maximum Gasteiger partial charge on any atom is 0.222 e. The van der Waals surface area contributed by atoms with Crippen LogP contribution in [0.2, 0.25) is 0 Å². The van der Waals surface area contributed by atoms with E-state index < -0.39 is 0 Å². The highest BCUT2D eigenvalue weighted by Crippen LogP contribution is 2.19. The van der Waals surface area contributed by atoms with E-state index in [9.17, 15) is 4.79 Å². The molecular formula is C11H23N3O2. The van der Waals surface area contributed by atoms with Crippen LogP contribution >= 0.6 is 0 Å². The van der Waals surface area contributed by atoms with Crippen LogP contribution in [0.1, 0.15) is 34.1 Å². The predicted molar refractivity (Wildman–Crippen MR) is 64.3 cm³/mol. The molecular weight excluding hydrogens is 206 g/mol. The fourth-order valence-corrected chi connectivity index (χ4v) is 1.29. The van der Waals surface area contributed by atoms with Crippen molar-refractivity contribution in [3.63, 3.8) is 0 Å². The summed E-state index contributed by atoms with van der Waals surface area (Å²) in [7, 11) is 1.73. The zero-order chi connectivity index (χ0) is 12.9. The molecule has 0 heterocycles. The summed E-state index contributed by atoms with van der Waals surface area (Å²) in [6.45, 7) is 8.34. The Labute approximate surface area is 97.3 Å². The van der Waals surface area contributed by atoms with E-state index >= 15 is 0 Å². The number of amides is 1. The van der Waals surface area contributed by atoms with Gasteiger partial charge in [-0.1, -0.05) is 32.9 Å². The van der Waals surface area contributed by atoms with Crippen molar-refractivity contribution < 1.29 is 10.0 Å². The summed E-state index contributed by atoms with van der Waals surface area (Å²) in [6, 6.07) is 0. The zero-order valence-electron chi connectivity index (χ0n) is 10.8. The third kappa shape index (κ3) is 5.58. The number of amidine groups is 1. The van der Waals surface area contributed by atoms with E-state index in [1.807, 2.05) is 27.7 Å². The quantitative estimate of drug-likeness (QED) is 0.330. The Morgan fingerprint density at radius 1 is 1.50 bits per heavy atom. The van der Waals surface area contributed by atoms with Gasteiger partial charge in [0.1, 0.15) is 5.84 Å². The Kier molecular flexibility index (Phi) is 5.27. The number of carbonyl (C=O) groups excluding carboxylic acids is 1. The van der Waals surface area contributed by atoms with E-state index in [4.69, 9.17) is 10.9 Å². The number of carbonyl (C=O) groups is 1. The van der Waals surface area contributed by atoms with E-state index in [0.717, 1.165) is 0 Å². The van der Waals surface area contributed by atoms with E-state index in [1.165, 1.54) is 0 Å². The lowest BCUT2D eigenvalue weighted by molar-refractivity contribution is -0.132. The maximum atomic E-state index is 11.8. The van der Waals surface area contributed by atoms with E-state index in [0.29, 0.717) is 13.0 Å². The van der Waals surface area contributed by atoms with Crippen LogP contribution in [0.15, 0.2) is 5.16 Å². The molecule has 0 aromatic heterocycles. The van der Waals surface area contributed by atoms with E-state index in [-0.39, 0.29) is 23.1 Å². The molecule has 0 bridgehead atoms. The molecule has 0 aliphatic rings. The number of hydrogen-bond acceptors (Lipinski definition) is 3. The topological polar surface area (TPSA) is 78.9 Å². The van der Waals surface area contributed by atoms with Crippen molar-refractivity contribution in [2.75, 3.05) is 13.6 Å². The first-order chi connectivity index (χ1) is 7.17. The number of hydrogen-bond donors (Lipinski definition) is 2. The van der Waals surface area contributed by atoms with Crippen molar-refractivity contribution in [2.24, 2.45) is 22.2 Å². The first-order valence-corrected chi connectivity index (χ1v) is 5.38. The van der Waals surface area contributed by atoms with Gasteiger partial charge < -0.3 is 15.8 Å². The van der Waals surface area contributed by atoms with Crippen LogP contribution in [0, 0.1) is 11.3 Å². The lowest BCUT2D eigenvalue weighted by atomic mass is 9.91. The molecule has 0 spiro atoms. The summed E-state index contributed by atoms with van der Waals surface area (Å²) in [5.41, 5.74) is 5.43. The number of nitrogens with zero attached hydrogens (tertiary/aromatic N) is 2. The molecule has 94 valence electrons. The molecule has 0 aromatic carbocycles. The zero-order valence-corrected chi connectivity index (χ0v) is 10.8. The Bertz CT molecular complexity index is 269. The minimum atomic E-state index is -0.140. The molecule has 16 heavy (non-hydrogen) atoms. The van der Waals surface area contributed by atoms with Gasteiger partial charge in [0.05, 0.1) is 0 Å². The van der Waals surface area contributed by atoms with Gasteiger partial charge in [-0.05, 0) is 5.41 Å². The van der Waals surface area contributed by atoms with Crippen LogP contribution in [0.4, 0.5) is 0 Å². The van der Waals surface area contributed by atoms with Crippen LogP contribution in [0.25, 0.3) is 0 Å². The van der Waals surface area contributed by atoms with Gasteiger partial charge in [-0.2, -0.15) is 0 Å². The monoisotopic (exact) mass is 229 g/mol. The van der Waals surface area contributed by atoms with Gasteiger partial charge in [0.15, 0.2) is 0 Å². The van der Waals surface area contributed by atoms with Crippen LogP contribution in [0.3, 0.4) is 0 Å². The van der Waals surface area contributed by atoms with Gasteiger partial charge in [0.25, 0.3) is 0 Å². The highest BCUT2D eigenvalue weighted by atomic mass is 16.4. The molecule has 0 aromatic rings. The van der Waals surface area contributed by atoms with Crippen molar-refractivity contribution in [3.05, 3.63) is 0 Å². The summed E-state index contributed by atoms with van der Waals surface area (Å²) >= 11 is 0. The maximum absolute atomic E-state index is 11.8. The molecule has 0 aliphatic heterocycles. The molecule has 0 fully saturated rings. The molecule has 0 rings (SSSR count). The third-order valence-corrected chi connectivity index (χ3v) is 2.28. The van der Waals surface area contributed by atoms with Gasteiger partial charge in [-0.3, -0.25) is 4.79 Å². The standard InChI is InChI=1S/C11H23N3O2/c1-8(10(12)13-16)7-14(5)9(15)6-11(2,3)4/h8,16H,6-7H2,1-5H3,(H2,12,13). The molecule has 1 amide bonds. The Balaban J connectivity index is 4.26. The lowest BCUT2D eigenvalue weighted by Crippen LogP contribution is -2.37. The largest absolute Gasteiger partial charge is 0.409 e. The van der Waals surface area contributed by atoms with E-state index in [1.54, 1.807) is 11.9 Å². The second-order valence-electron chi connectivity index (χ2n) is 5.44. The minimum Gasteiger partial charge on any atom is -0.409 e. The molecule has 0 radical (unpaired) electrons. The van der Waals surface area contributed by atoms with Crippen molar-refractivity contribution in [3.8, 4) is 0 Å². The highest BCUT2D eigenvalue weighted by Gasteiger charge is 2.20. The smallest absolute Gasteiger partial charge is 0.222 e. The van der Waals surface area contributed by atoms with Crippen molar-refractivity contribution in [1.29, 1.82) is 0 Å².